The van der Waals surface area contributed by atoms with Crippen molar-refractivity contribution in [3.63, 3.8) is 0 Å². The van der Waals surface area contributed by atoms with E-state index < -0.39 is 17.6 Å². The molecule has 0 aliphatic carbocycles. The van der Waals surface area contributed by atoms with E-state index in [0.29, 0.717) is 10.6 Å². The van der Waals surface area contributed by atoms with Crippen LogP contribution in [-0.4, -0.2) is 28.5 Å². The van der Waals surface area contributed by atoms with Gasteiger partial charge in [-0.1, -0.05) is 29.5 Å². The summed E-state index contributed by atoms with van der Waals surface area (Å²) in [6.07, 6.45) is 0.738. The Morgan fingerprint density at radius 1 is 1.15 bits per heavy atom. The quantitative estimate of drug-likeness (QED) is 0.804. The van der Waals surface area contributed by atoms with Crippen LogP contribution in [0.3, 0.4) is 0 Å². The van der Waals surface area contributed by atoms with Crippen LogP contribution >= 0.6 is 11.8 Å². The van der Waals surface area contributed by atoms with Crippen molar-refractivity contribution in [3.8, 4) is 0 Å². The second kappa shape index (κ2) is 8.36. The van der Waals surface area contributed by atoms with Crippen molar-refractivity contribution in [3.05, 3.63) is 53.7 Å². The first-order chi connectivity index (χ1) is 12.2. The fourth-order valence-corrected chi connectivity index (χ4v) is 2.96. The van der Waals surface area contributed by atoms with Crippen molar-refractivity contribution < 1.29 is 14.3 Å². The molecular formula is C20H24N2O3S. The van der Waals surface area contributed by atoms with Crippen LogP contribution in [0.25, 0.3) is 0 Å². The number of ether oxygens (including phenoxy) is 1. The molecule has 2 aromatic rings. The fraction of sp³-hybridized carbons (Fsp3) is 0.350. The highest BCUT2D eigenvalue weighted by Gasteiger charge is 2.24. The van der Waals surface area contributed by atoms with Gasteiger partial charge in [0.15, 0.2) is 6.10 Å². The Morgan fingerprint density at radius 3 is 2.42 bits per heavy atom. The van der Waals surface area contributed by atoms with Crippen LogP contribution in [0.1, 0.15) is 43.6 Å². The van der Waals surface area contributed by atoms with Crippen LogP contribution in [0.4, 0.5) is 0 Å². The minimum atomic E-state index is -0.890. The van der Waals surface area contributed by atoms with E-state index in [-0.39, 0.29) is 5.91 Å². The Labute approximate surface area is 158 Å². The first kappa shape index (κ1) is 20.0. The standard InChI is InChI=1S/C20H24N2O3S/c1-13-8-10-15(11-9-13)26-18-16(7-6-12-21-18)19(24)25-14(2)17(23)22-20(3,4)5/h6-12,14H,1-5H3,(H,22,23)/t14-/m0/s1. The zero-order chi connectivity index (χ0) is 19.3. The molecule has 1 aromatic heterocycles. The Kier molecular flexibility index (Phi) is 6.42. The molecule has 6 heteroatoms. The Balaban J connectivity index is 2.11. The van der Waals surface area contributed by atoms with Crippen LogP contribution in [0.2, 0.25) is 0 Å². The molecular weight excluding hydrogens is 348 g/mol. The first-order valence-corrected chi connectivity index (χ1v) is 9.20. The highest BCUT2D eigenvalue weighted by Crippen LogP contribution is 2.29. The number of hydrogen-bond donors (Lipinski definition) is 1. The summed E-state index contributed by atoms with van der Waals surface area (Å²) < 4.78 is 5.34. The van der Waals surface area contributed by atoms with Crippen molar-refractivity contribution in [2.24, 2.45) is 0 Å². The van der Waals surface area contributed by atoms with Gasteiger partial charge in [0.1, 0.15) is 5.03 Å². The van der Waals surface area contributed by atoms with Crippen LogP contribution in [0.5, 0.6) is 0 Å². The SMILES string of the molecule is Cc1ccc(Sc2ncccc2C(=O)O[C@@H](C)C(=O)NC(C)(C)C)cc1. The molecule has 0 saturated carbocycles. The van der Waals surface area contributed by atoms with Gasteiger partial charge in [-0.25, -0.2) is 9.78 Å². The van der Waals surface area contributed by atoms with E-state index in [1.807, 2.05) is 52.0 Å². The maximum absolute atomic E-state index is 12.5. The summed E-state index contributed by atoms with van der Waals surface area (Å²) in [5.41, 5.74) is 1.11. The average molecular weight is 372 g/mol. The van der Waals surface area contributed by atoms with Crippen LogP contribution < -0.4 is 5.32 Å². The number of carbonyl (C=O) groups excluding carboxylic acids is 2. The molecule has 0 saturated heterocycles. The molecule has 0 spiro atoms. The normalized spacial score (nSPS) is 12.3. The maximum atomic E-state index is 12.5. The molecule has 0 bridgehead atoms. The van der Waals surface area contributed by atoms with Gasteiger partial charge in [0.05, 0.1) is 5.56 Å². The van der Waals surface area contributed by atoms with Gasteiger partial charge >= 0.3 is 5.97 Å². The molecule has 26 heavy (non-hydrogen) atoms. The molecule has 1 heterocycles. The van der Waals surface area contributed by atoms with Gasteiger partial charge in [-0.3, -0.25) is 4.79 Å². The molecule has 2 rings (SSSR count). The third kappa shape index (κ3) is 5.88. The summed E-state index contributed by atoms with van der Waals surface area (Å²) >= 11 is 1.38. The predicted molar refractivity (Wildman–Crippen MR) is 102 cm³/mol. The van der Waals surface area contributed by atoms with Gasteiger partial charge in [0.2, 0.25) is 0 Å². The lowest BCUT2D eigenvalue weighted by atomic mass is 10.1. The number of aromatic nitrogens is 1. The zero-order valence-electron chi connectivity index (χ0n) is 15.7. The van der Waals surface area contributed by atoms with Crippen molar-refractivity contribution in [2.45, 2.75) is 56.2 Å². The highest BCUT2D eigenvalue weighted by atomic mass is 32.2. The Bertz CT molecular complexity index is 782. The lowest BCUT2D eigenvalue weighted by Crippen LogP contribution is -2.46. The van der Waals surface area contributed by atoms with E-state index in [1.54, 1.807) is 25.3 Å². The largest absolute Gasteiger partial charge is 0.449 e. The van der Waals surface area contributed by atoms with Gasteiger partial charge in [0, 0.05) is 16.6 Å². The van der Waals surface area contributed by atoms with Crippen LogP contribution in [0.15, 0.2) is 52.5 Å². The molecule has 5 nitrogen and oxygen atoms in total. The minimum Gasteiger partial charge on any atom is -0.449 e. The number of esters is 1. The molecule has 0 fully saturated rings. The van der Waals surface area contributed by atoms with Crippen LogP contribution in [-0.2, 0) is 9.53 Å². The molecule has 0 radical (unpaired) electrons. The topological polar surface area (TPSA) is 68.3 Å². The zero-order valence-corrected chi connectivity index (χ0v) is 16.5. The molecule has 0 aliphatic heterocycles. The number of pyridine rings is 1. The van der Waals surface area contributed by atoms with Crippen LogP contribution in [0, 0.1) is 6.92 Å². The van der Waals surface area contributed by atoms with Gasteiger partial charge < -0.3 is 10.1 Å². The molecule has 0 unspecified atom stereocenters. The van der Waals surface area contributed by atoms with E-state index >= 15 is 0 Å². The van der Waals surface area contributed by atoms with Crippen molar-refractivity contribution in [2.75, 3.05) is 0 Å². The molecule has 138 valence electrons. The molecule has 1 amide bonds. The van der Waals surface area contributed by atoms with E-state index in [1.165, 1.54) is 11.8 Å². The summed E-state index contributed by atoms with van der Waals surface area (Å²) in [6.45, 7) is 9.19. The van der Waals surface area contributed by atoms with Gasteiger partial charge in [-0.15, -0.1) is 0 Å². The number of hydrogen-bond acceptors (Lipinski definition) is 5. The highest BCUT2D eigenvalue weighted by molar-refractivity contribution is 7.99. The summed E-state index contributed by atoms with van der Waals surface area (Å²) in [5, 5.41) is 3.34. The molecule has 0 aliphatic rings. The van der Waals surface area contributed by atoms with E-state index in [2.05, 4.69) is 10.3 Å². The number of rotatable bonds is 5. The summed E-state index contributed by atoms with van der Waals surface area (Å²) in [5.74, 6) is -0.897. The van der Waals surface area contributed by atoms with Crippen molar-refractivity contribution in [1.82, 2.24) is 10.3 Å². The minimum absolute atomic E-state index is 0.331. The Hall–Kier alpha value is -2.34. The lowest BCUT2D eigenvalue weighted by molar-refractivity contribution is -0.130. The maximum Gasteiger partial charge on any atom is 0.341 e. The molecule has 1 atom stereocenters. The van der Waals surface area contributed by atoms with Gasteiger partial charge in [0.25, 0.3) is 5.91 Å². The molecule has 1 aromatic carbocycles. The second-order valence-corrected chi connectivity index (χ2v) is 8.12. The molecule has 1 N–H and O–H groups in total. The summed E-state index contributed by atoms with van der Waals surface area (Å²) in [4.78, 5) is 29.9. The second-order valence-electron chi connectivity index (χ2n) is 7.06. The monoisotopic (exact) mass is 372 g/mol. The number of nitrogens with one attached hydrogen (secondary N) is 1. The van der Waals surface area contributed by atoms with E-state index in [9.17, 15) is 9.59 Å². The number of carbonyl (C=O) groups is 2. The predicted octanol–water partition coefficient (Wildman–Crippen LogP) is 4.00. The summed E-state index contributed by atoms with van der Waals surface area (Å²) in [6, 6.07) is 11.3. The Morgan fingerprint density at radius 2 is 1.81 bits per heavy atom. The number of benzene rings is 1. The lowest BCUT2D eigenvalue weighted by Gasteiger charge is -2.23. The van der Waals surface area contributed by atoms with Gasteiger partial charge in [-0.2, -0.15) is 0 Å². The summed E-state index contributed by atoms with van der Waals surface area (Å²) in [7, 11) is 0. The third-order valence-corrected chi connectivity index (χ3v) is 4.40. The van der Waals surface area contributed by atoms with Gasteiger partial charge in [-0.05, 0) is 58.9 Å². The average Bonchev–Trinajstić information content (AvgIpc) is 2.55. The first-order valence-electron chi connectivity index (χ1n) is 8.38. The number of amides is 1. The van der Waals surface area contributed by atoms with Crippen molar-refractivity contribution in [1.29, 1.82) is 0 Å². The van der Waals surface area contributed by atoms with E-state index in [0.717, 1.165) is 10.5 Å². The number of aryl methyl sites for hydroxylation is 1. The van der Waals surface area contributed by atoms with Crippen molar-refractivity contribution >= 4 is 23.6 Å². The third-order valence-electron chi connectivity index (χ3n) is 3.38. The number of nitrogens with zero attached hydrogens (tertiary/aromatic N) is 1. The smallest absolute Gasteiger partial charge is 0.341 e. The fourth-order valence-electron chi connectivity index (χ4n) is 2.09. The van der Waals surface area contributed by atoms with E-state index in [4.69, 9.17) is 4.74 Å².